The van der Waals surface area contributed by atoms with Crippen LogP contribution in [0, 0.1) is 30.3 Å². The molecular formula is C7H3N3O8. The van der Waals surface area contributed by atoms with Crippen LogP contribution in [0.25, 0.3) is 0 Å². The maximum Gasteiger partial charge on any atom is 0.426 e. The summed E-state index contributed by atoms with van der Waals surface area (Å²) in [5.41, 5.74) is -3.66. The third kappa shape index (κ3) is 2.18. The molecule has 0 heterocycles. The molecule has 11 heteroatoms. The van der Waals surface area contributed by atoms with Crippen LogP contribution in [0.4, 0.5) is 17.1 Å². The second-order valence-electron chi connectivity index (χ2n) is 2.77. The molecule has 0 N–H and O–H groups in total. The standard InChI is InChI=1S/C7H3N3O8/c11-3-18-5-2-1-4(8(12)13)6(9(14)15)7(5)10(16)17/h1-3H. The summed E-state index contributed by atoms with van der Waals surface area (Å²) in [5, 5.41) is 31.9. The first-order valence-electron chi connectivity index (χ1n) is 4.10. The number of nitro groups is 3. The molecule has 1 rings (SSSR count). The van der Waals surface area contributed by atoms with Crippen molar-refractivity contribution in [3.63, 3.8) is 0 Å². The lowest BCUT2D eigenvalue weighted by Crippen LogP contribution is -2.04. The lowest BCUT2D eigenvalue weighted by Gasteiger charge is -2.01. The number of carbonyl (C=O) groups excluding carboxylic acids is 1. The van der Waals surface area contributed by atoms with Crippen LogP contribution in [0.3, 0.4) is 0 Å². The van der Waals surface area contributed by atoms with Gasteiger partial charge < -0.3 is 4.74 Å². The zero-order valence-electron chi connectivity index (χ0n) is 8.34. The number of ether oxygens (including phenoxy) is 1. The monoisotopic (exact) mass is 257 g/mol. The van der Waals surface area contributed by atoms with E-state index in [1.165, 1.54) is 0 Å². The minimum atomic E-state index is -1.34. The Kier molecular flexibility index (Phi) is 3.47. The summed E-state index contributed by atoms with van der Waals surface area (Å²) in [4.78, 5) is 38.3. The predicted octanol–water partition coefficient (Wildman–Crippen LogP) is 0.946. The van der Waals surface area contributed by atoms with E-state index in [0.29, 0.717) is 6.07 Å². The van der Waals surface area contributed by atoms with Crippen LogP contribution in [-0.2, 0) is 4.79 Å². The van der Waals surface area contributed by atoms with Gasteiger partial charge in [0.1, 0.15) is 0 Å². The first kappa shape index (κ1) is 13.0. The van der Waals surface area contributed by atoms with E-state index in [1.54, 1.807) is 0 Å². The Morgan fingerprint density at radius 1 is 0.944 bits per heavy atom. The molecule has 0 bridgehead atoms. The van der Waals surface area contributed by atoms with Crippen molar-refractivity contribution in [2.75, 3.05) is 0 Å². The Morgan fingerprint density at radius 2 is 1.50 bits per heavy atom. The molecule has 0 aliphatic carbocycles. The highest BCUT2D eigenvalue weighted by Crippen LogP contribution is 2.42. The van der Waals surface area contributed by atoms with Crippen LogP contribution in [-0.4, -0.2) is 21.2 Å². The van der Waals surface area contributed by atoms with Gasteiger partial charge in [0.25, 0.3) is 6.47 Å². The van der Waals surface area contributed by atoms with Crippen LogP contribution in [0.2, 0.25) is 0 Å². The molecule has 0 unspecified atom stereocenters. The van der Waals surface area contributed by atoms with Gasteiger partial charge in [0.05, 0.1) is 14.8 Å². The summed E-state index contributed by atoms with van der Waals surface area (Å²) in [6.45, 7) is -0.183. The molecule has 18 heavy (non-hydrogen) atoms. The molecule has 0 aromatic heterocycles. The van der Waals surface area contributed by atoms with Crippen molar-refractivity contribution in [2.45, 2.75) is 0 Å². The Labute approximate surface area is 97.0 Å². The van der Waals surface area contributed by atoms with Gasteiger partial charge in [0, 0.05) is 6.07 Å². The van der Waals surface area contributed by atoms with Crippen molar-refractivity contribution in [1.29, 1.82) is 0 Å². The van der Waals surface area contributed by atoms with Crippen molar-refractivity contribution in [1.82, 2.24) is 0 Å². The van der Waals surface area contributed by atoms with Crippen molar-refractivity contribution < 1.29 is 24.3 Å². The topological polar surface area (TPSA) is 156 Å². The summed E-state index contributed by atoms with van der Waals surface area (Å²) in [7, 11) is 0. The van der Waals surface area contributed by atoms with Crippen LogP contribution >= 0.6 is 0 Å². The average molecular weight is 257 g/mol. The quantitative estimate of drug-likeness (QED) is 0.428. The van der Waals surface area contributed by atoms with E-state index in [2.05, 4.69) is 4.74 Å². The number of nitrogens with zero attached hydrogens (tertiary/aromatic N) is 3. The summed E-state index contributed by atoms with van der Waals surface area (Å²) < 4.78 is 4.17. The Morgan fingerprint density at radius 3 is 1.89 bits per heavy atom. The summed E-state index contributed by atoms with van der Waals surface area (Å²) >= 11 is 0. The molecule has 0 aliphatic rings. The Bertz CT molecular complexity index is 554. The first-order chi connectivity index (χ1) is 8.40. The average Bonchev–Trinajstić information content (AvgIpc) is 2.27. The molecular weight excluding hydrogens is 254 g/mol. The van der Waals surface area contributed by atoms with Gasteiger partial charge in [-0.1, -0.05) is 0 Å². The number of carbonyl (C=O) groups is 1. The molecule has 1 aromatic carbocycles. The summed E-state index contributed by atoms with van der Waals surface area (Å²) in [6.07, 6.45) is 0. The molecule has 1 aromatic rings. The van der Waals surface area contributed by atoms with Crippen molar-refractivity contribution in [3.05, 3.63) is 42.5 Å². The maximum absolute atomic E-state index is 10.7. The van der Waals surface area contributed by atoms with Crippen LogP contribution in [0.5, 0.6) is 5.75 Å². The third-order valence-corrected chi connectivity index (χ3v) is 1.83. The Balaban J connectivity index is 3.70. The summed E-state index contributed by atoms with van der Waals surface area (Å²) in [6, 6.07) is 1.38. The molecule has 0 atom stereocenters. The second-order valence-corrected chi connectivity index (χ2v) is 2.77. The highest BCUT2D eigenvalue weighted by atomic mass is 16.7. The predicted molar refractivity (Wildman–Crippen MR) is 53.1 cm³/mol. The van der Waals surface area contributed by atoms with Crippen molar-refractivity contribution in [3.8, 4) is 5.75 Å². The van der Waals surface area contributed by atoms with E-state index >= 15 is 0 Å². The van der Waals surface area contributed by atoms with Gasteiger partial charge in [-0.2, -0.15) is 0 Å². The van der Waals surface area contributed by atoms with Crippen molar-refractivity contribution >= 4 is 23.5 Å². The van der Waals surface area contributed by atoms with Gasteiger partial charge in [-0.25, -0.2) is 0 Å². The SMILES string of the molecule is O=COc1ccc([N+](=O)[O-])c([N+](=O)[O-])c1[N+](=O)[O-]. The van der Waals surface area contributed by atoms with Gasteiger partial charge >= 0.3 is 17.1 Å². The van der Waals surface area contributed by atoms with E-state index < -0.39 is 37.6 Å². The van der Waals surface area contributed by atoms with E-state index in [1.807, 2.05) is 0 Å². The van der Waals surface area contributed by atoms with Crippen molar-refractivity contribution in [2.24, 2.45) is 0 Å². The molecule has 0 saturated heterocycles. The van der Waals surface area contributed by atoms with Crippen LogP contribution in [0.1, 0.15) is 0 Å². The smallest absolute Gasteiger partial charge is 0.421 e. The van der Waals surface area contributed by atoms with Crippen LogP contribution < -0.4 is 4.74 Å². The fourth-order valence-corrected chi connectivity index (χ4v) is 1.20. The number of nitro benzene ring substituents is 3. The largest absolute Gasteiger partial charge is 0.426 e. The van der Waals surface area contributed by atoms with E-state index in [4.69, 9.17) is 0 Å². The number of benzene rings is 1. The fraction of sp³-hybridized carbons (Fsp3) is 0. The molecule has 11 nitrogen and oxygen atoms in total. The van der Waals surface area contributed by atoms with E-state index in [-0.39, 0.29) is 6.47 Å². The molecule has 0 amide bonds. The normalized spacial score (nSPS) is 9.56. The van der Waals surface area contributed by atoms with E-state index in [9.17, 15) is 35.1 Å². The van der Waals surface area contributed by atoms with Gasteiger partial charge in [0.15, 0.2) is 0 Å². The maximum atomic E-state index is 10.7. The zero-order valence-corrected chi connectivity index (χ0v) is 8.34. The lowest BCUT2D eigenvalue weighted by atomic mass is 10.2. The molecule has 0 saturated carbocycles. The lowest BCUT2D eigenvalue weighted by molar-refractivity contribution is -0.441. The van der Waals surface area contributed by atoms with Crippen LogP contribution in [0.15, 0.2) is 12.1 Å². The van der Waals surface area contributed by atoms with E-state index in [0.717, 1.165) is 6.07 Å². The molecule has 0 spiro atoms. The minimum Gasteiger partial charge on any atom is -0.421 e. The van der Waals surface area contributed by atoms with Gasteiger partial charge in [-0.05, 0) is 6.07 Å². The zero-order chi connectivity index (χ0) is 13.9. The molecule has 0 aliphatic heterocycles. The first-order valence-corrected chi connectivity index (χ1v) is 4.10. The number of hydrogen-bond acceptors (Lipinski definition) is 8. The van der Waals surface area contributed by atoms with Gasteiger partial charge in [-0.3, -0.25) is 35.1 Å². The van der Waals surface area contributed by atoms with Gasteiger partial charge in [-0.15, -0.1) is 0 Å². The number of rotatable bonds is 5. The molecule has 0 radical (unpaired) electrons. The summed E-state index contributed by atoms with van der Waals surface area (Å²) in [5.74, 6) is -0.743. The fourth-order valence-electron chi connectivity index (χ4n) is 1.20. The Hall–Kier alpha value is -3.11. The molecule has 94 valence electrons. The van der Waals surface area contributed by atoms with Gasteiger partial charge in [0.2, 0.25) is 5.75 Å². The minimum absolute atomic E-state index is 0.183. The highest BCUT2D eigenvalue weighted by molar-refractivity contribution is 5.73. The second kappa shape index (κ2) is 4.82. The third-order valence-electron chi connectivity index (χ3n) is 1.83. The number of hydrogen-bond donors (Lipinski definition) is 0. The highest BCUT2D eigenvalue weighted by Gasteiger charge is 2.39. The molecule has 0 fully saturated rings.